The second kappa shape index (κ2) is 11.5. The van der Waals surface area contributed by atoms with E-state index in [0.29, 0.717) is 11.3 Å². The van der Waals surface area contributed by atoms with Crippen molar-refractivity contribution in [3.63, 3.8) is 0 Å². The molecule has 0 spiro atoms. The lowest BCUT2D eigenvalue weighted by Gasteiger charge is -2.49. The largest absolute Gasteiger partial charge is 0.477 e. The molecule has 1 saturated heterocycles. The number of β-lactam (4-membered cyclic amide) rings is 1. The molecule has 2 aliphatic heterocycles. The first kappa shape index (κ1) is 26.7. The van der Waals surface area contributed by atoms with Crippen LogP contribution in [-0.4, -0.2) is 82.4 Å². The number of carbonyl (C=O) groups is 4. The van der Waals surface area contributed by atoms with Crippen LogP contribution in [-0.2, 0) is 19.2 Å². The van der Waals surface area contributed by atoms with Gasteiger partial charge in [-0.2, -0.15) is 0 Å². The van der Waals surface area contributed by atoms with Gasteiger partial charge < -0.3 is 26.1 Å². The Balaban J connectivity index is 0.000000619. The van der Waals surface area contributed by atoms with E-state index in [2.05, 4.69) is 10.6 Å². The molecule has 10 nitrogen and oxygen atoms in total. The normalized spacial score (nSPS) is 18.4. The molecule has 2 aromatic rings. The fourth-order valence-corrected chi connectivity index (χ4v) is 4.77. The molecule has 0 aliphatic carbocycles. The second-order valence-electron chi connectivity index (χ2n) is 7.87. The molecule has 0 bridgehead atoms. The average molecular weight is 489 g/mol. The third-order valence-electron chi connectivity index (χ3n) is 5.09. The van der Waals surface area contributed by atoms with E-state index in [0.717, 1.165) is 22.9 Å². The number of hydrogen-bond donors (Lipinski definition) is 3. The highest BCUT2D eigenvalue weighted by Gasteiger charge is 2.53. The van der Waals surface area contributed by atoms with Gasteiger partial charge in [0.15, 0.2) is 0 Å². The summed E-state index contributed by atoms with van der Waals surface area (Å²) in [7, 11) is 3.38. The molecule has 34 heavy (non-hydrogen) atoms. The summed E-state index contributed by atoms with van der Waals surface area (Å²) in [5.41, 5.74) is 1.51. The monoisotopic (exact) mass is 488 g/mol. The molecule has 4 rings (SSSR count). The van der Waals surface area contributed by atoms with E-state index in [4.69, 9.17) is 0 Å². The zero-order valence-corrected chi connectivity index (χ0v) is 19.9. The zero-order valence-electron chi connectivity index (χ0n) is 19.1. The number of aliphatic carboxylic acids is 1. The lowest BCUT2D eigenvalue weighted by Crippen LogP contribution is -2.70. The Morgan fingerprint density at radius 1 is 1.21 bits per heavy atom. The molecule has 3 amide bonds. The number of carboxylic acid groups (broad SMARTS) is 1. The van der Waals surface area contributed by atoms with Gasteiger partial charge in [0.25, 0.3) is 5.91 Å². The van der Waals surface area contributed by atoms with Gasteiger partial charge >= 0.3 is 5.97 Å². The van der Waals surface area contributed by atoms with E-state index in [1.807, 2.05) is 42.5 Å². The molecular weight excluding hydrogens is 460 g/mol. The first-order valence-corrected chi connectivity index (χ1v) is 11.3. The predicted octanol–water partition coefficient (Wildman–Crippen LogP) is 0.890. The fourth-order valence-electron chi connectivity index (χ4n) is 3.48. The molecule has 1 unspecified atom stereocenters. The SMILES string of the molecule is CC1=C(C(=O)O)N2C(=O)C(NC(=O)CNc3ccc4ccccc4c3)[C@@H]2SC1.CN(C)C=O.O. The highest BCUT2D eigenvalue weighted by molar-refractivity contribution is 8.00. The molecule has 5 N–H and O–H groups in total. The first-order chi connectivity index (χ1) is 15.7. The maximum Gasteiger partial charge on any atom is 0.352 e. The Hall–Kier alpha value is -3.57. The number of carbonyl (C=O) groups excluding carboxylic acids is 3. The van der Waals surface area contributed by atoms with Crippen LogP contribution in [0.1, 0.15) is 6.92 Å². The van der Waals surface area contributed by atoms with Crippen molar-refractivity contribution < 1.29 is 29.8 Å². The van der Waals surface area contributed by atoms with Crippen LogP contribution < -0.4 is 10.6 Å². The highest BCUT2D eigenvalue weighted by atomic mass is 32.2. The number of nitrogens with one attached hydrogen (secondary N) is 2. The number of hydrogen-bond acceptors (Lipinski definition) is 6. The Bertz CT molecular complexity index is 1120. The molecule has 2 aliphatic rings. The fraction of sp³-hybridized carbons (Fsp3) is 0.304. The maximum atomic E-state index is 12.4. The van der Waals surface area contributed by atoms with Gasteiger partial charge in [0.05, 0.1) is 6.54 Å². The maximum absolute atomic E-state index is 12.4. The molecule has 2 aromatic carbocycles. The van der Waals surface area contributed by atoms with E-state index in [9.17, 15) is 24.3 Å². The van der Waals surface area contributed by atoms with Gasteiger partial charge in [0.1, 0.15) is 17.1 Å². The van der Waals surface area contributed by atoms with Gasteiger partial charge in [-0.25, -0.2) is 4.79 Å². The molecule has 182 valence electrons. The Morgan fingerprint density at radius 2 is 1.85 bits per heavy atom. The molecule has 2 atom stereocenters. The van der Waals surface area contributed by atoms with Gasteiger partial charge in [-0.3, -0.25) is 19.3 Å². The van der Waals surface area contributed by atoms with Crippen molar-refractivity contribution in [3.8, 4) is 0 Å². The van der Waals surface area contributed by atoms with Crippen LogP contribution in [0.5, 0.6) is 0 Å². The van der Waals surface area contributed by atoms with Gasteiger partial charge in [0, 0.05) is 25.5 Å². The number of rotatable bonds is 6. The van der Waals surface area contributed by atoms with Gasteiger partial charge in [-0.15, -0.1) is 11.8 Å². The van der Waals surface area contributed by atoms with Crippen LogP contribution in [0.3, 0.4) is 0 Å². The quantitative estimate of drug-likeness (QED) is 0.403. The van der Waals surface area contributed by atoms with E-state index in [1.54, 1.807) is 21.0 Å². The molecular formula is C23H28N4O6S. The number of anilines is 1. The first-order valence-electron chi connectivity index (χ1n) is 10.2. The molecule has 0 saturated carbocycles. The average Bonchev–Trinajstić information content (AvgIpc) is 2.81. The predicted molar refractivity (Wildman–Crippen MR) is 131 cm³/mol. The third-order valence-corrected chi connectivity index (χ3v) is 6.52. The summed E-state index contributed by atoms with van der Waals surface area (Å²) in [6, 6.07) is 13.1. The van der Waals surface area contributed by atoms with Crippen molar-refractivity contribution in [1.82, 2.24) is 15.1 Å². The van der Waals surface area contributed by atoms with Crippen molar-refractivity contribution in [2.24, 2.45) is 0 Å². The second-order valence-corrected chi connectivity index (χ2v) is 8.98. The van der Waals surface area contributed by atoms with Crippen LogP contribution in [0.25, 0.3) is 10.8 Å². The Labute approximate surface area is 201 Å². The van der Waals surface area contributed by atoms with Crippen molar-refractivity contribution >= 4 is 52.4 Å². The minimum atomic E-state index is -1.11. The van der Waals surface area contributed by atoms with E-state index >= 15 is 0 Å². The van der Waals surface area contributed by atoms with Crippen molar-refractivity contribution in [2.75, 3.05) is 31.7 Å². The number of nitrogens with zero attached hydrogens (tertiary/aromatic N) is 2. The minimum absolute atomic E-state index is 0. The van der Waals surface area contributed by atoms with Crippen LogP contribution in [0.15, 0.2) is 53.7 Å². The Morgan fingerprint density at radius 3 is 2.47 bits per heavy atom. The lowest BCUT2D eigenvalue weighted by molar-refractivity contribution is -0.150. The standard InChI is InChI=1S/C20H19N3O4S.C3H7NO.H2O/c1-11-10-28-19-16(18(25)23(19)17(11)20(26)27)22-15(24)9-21-14-7-6-12-4-2-3-5-13(12)8-14;1-4(2)3-5;/h2-8,16,19,21H,9-10H2,1H3,(H,22,24)(H,26,27);3H,1-2H3;1H2/t16?,19-;;/m0../s1. The summed E-state index contributed by atoms with van der Waals surface area (Å²) in [6.07, 6.45) is 0.750. The molecule has 1 fully saturated rings. The van der Waals surface area contributed by atoms with Crippen LogP contribution in [0.4, 0.5) is 5.69 Å². The van der Waals surface area contributed by atoms with Gasteiger partial charge in [0.2, 0.25) is 12.3 Å². The number of fused-ring (bicyclic) bond motifs is 2. The van der Waals surface area contributed by atoms with E-state index in [1.165, 1.54) is 21.6 Å². The third kappa shape index (κ3) is 5.86. The zero-order chi connectivity index (χ0) is 24.1. The lowest BCUT2D eigenvalue weighted by atomic mass is 10.0. The number of carboxylic acids is 1. The summed E-state index contributed by atoms with van der Waals surface area (Å²) in [5.74, 6) is -1.28. The summed E-state index contributed by atoms with van der Waals surface area (Å²) in [4.78, 5) is 48.3. The Kier molecular flexibility index (Phi) is 9.04. The molecule has 0 radical (unpaired) electrons. The number of benzene rings is 2. The van der Waals surface area contributed by atoms with Crippen molar-refractivity contribution in [1.29, 1.82) is 0 Å². The van der Waals surface area contributed by atoms with Crippen LogP contribution >= 0.6 is 11.8 Å². The summed E-state index contributed by atoms with van der Waals surface area (Å²) in [6.45, 7) is 1.74. The molecule has 0 aromatic heterocycles. The van der Waals surface area contributed by atoms with Gasteiger partial charge in [-0.1, -0.05) is 30.3 Å². The summed E-state index contributed by atoms with van der Waals surface area (Å²) >= 11 is 1.46. The molecule has 11 heteroatoms. The minimum Gasteiger partial charge on any atom is -0.477 e. The van der Waals surface area contributed by atoms with Crippen LogP contribution in [0, 0.1) is 0 Å². The highest BCUT2D eigenvalue weighted by Crippen LogP contribution is 2.40. The van der Waals surface area contributed by atoms with Crippen molar-refractivity contribution in [3.05, 3.63) is 53.7 Å². The van der Waals surface area contributed by atoms with Gasteiger partial charge in [-0.05, 0) is 35.4 Å². The number of thioether (sulfide) groups is 1. The number of amides is 3. The molecule has 2 heterocycles. The van der Waals surface area contributed by atoms with E-state index in [-0.39, 0.29) is 34.9 Å². The van der Waals surface area contributed by atoms with Crippen LogP contribution in [0.2, 0.25) is 0 Å². The smallest absolute Gasteiger partial charge is 0.352 e. The summed E-state index contributed by atoms with van der Waals surface area (Å²) < 4.78 is 0. The van der Waals surface area contributed by atoms with E-state index < -0.39 is 12.0 Å². The van der Waals surface area contributed by atoms with Crippen molar-refractivity contribution in [2.45, 2.75) is 18.3 Å². The summed E-state index contributed by atoms with van der Waals surface area (Å²) in [5, 5.41) is 16.9. The topological polar surface area (TPSA) is 151 Å².